The standard InChI is InChI=1S/C54H71N7O8/c1-11-59-43-17-16-35-28-39(43)40(46(59)38-14-12-20-55-44(38)32(2)3)29-53(9,10)31-68-49(65)41-15-13-21-61(57-41)48(64)42(26-34-24-36(35)27-37(62)25-34)56-47(63)45(33(4)5)60-23-19-54(50(60)66)18-22-58(30-54)51(67)69-52(6,7)8/h12,14,16-17,20,24-25,27-28,32-33,41-42,45,57,62H,11,13,15,18-19,21-23,26,29-31H2,1-10H3,(H,56,63)/t41-,42-,45-,54-/m0/s1. The number of fused-ring (bicyclic) bond motifs is 6. The number of carbonyl (C=O) groups excluding carboxylic acids is 5. The molecule has 3 saturated heterocycles. The molecule has 4 aliphatic heterocycles. The number of benzene rings is 2. The van der Waals surface area contributed by atoms with Gasteiger partial charge in [0.15, 0.2) is 0 Å². The van der Waals surface area contributed by atoms with Crippen LogP contribution in [0, 0.1) is 16.7 Å². The number of carbonyl (C=O) groups is 5. The van der Waals surface area contributed by atoms with Crippen LogP contribution >= 0.6 is 0 Å². The molecule has 69 heavy (non-hydrogen) atoms. The molecule has 8 rings (SSSR count). The maximum Gasteiger partial charge on any atom is 0.410 e. The number of aryl methyl sites for hydroxylation is 1. The summed E-state index contributed by atoms with van der Waals surface area (Å²) < 4.78 is 14.1. The van der Waals surface area contributed by atoms with Gasteiger partial charge in [-0.05, 0) is 130 Å². The number of amides is 4. The summed E-state index contributed by atoms with van der Waals surface area (Å²) in [5, 5.41) is 16.9. The SMILES string of the molecule is CCn1c(-c2cccnc2C(C)C)c2c3cc(ccc31)-c1cc(O)cc(c1)C[C@H](NC(=O)[C@H](C(C)C)N1CC[C@]3(CCN(C(=O)OC(C)(C)C)C3)C1=O)C(=O)N1CCC[C@H](N1)C(=O)OCC(C)(C)C2. The van der Waals surface area contributed by atoms with Crippen LogP contribution in [0.4, 0.5) is 4.79 Å². The van der Waals surface area contributed by atoms with Crippen LogP contribution in [0.2, 0.25) is 0 Å². The van der Waals surface area contributed by atoms with E-state index < -0.39 is 58.4 Å². The van der Waals surface area contributed by atoms with E-state index in [1.807, 2.05) is 38.2 Å². The second-order valence-corrected chi connectivity index (χ2v) is 22.2. The summed E-state index contributed by atoms with van der Waals surface area (Å²) in [4.78, 5) is 79.2. The van der Waals surface area contributed by atoms with Gasteiger partial charge in [-0.2, -0.15) is 0 Å². The molecule has 4 amide bonds. The molecule has 4 aromatic rings. The van der Waals surface area contributed by atoms with E-state index in [2.05, 4.69) is 68.1 Å². The zero-order chi connectivity index (χ0) is 49.7. The van der Waals surface area contributed by atoms with Gasteiger partial charge in [-0.25, -0.2) is 10.2 Å². The molecule has 0 saturated carbocycles. The molecule has 1 spiro atoms. The number of hydrogen-bond acceptors (Lipinski definition) is 10. The number of ether oxygens (including phenoxy) is 2. The van der Waals surface area contributed by atoms with Gasteiger partial charge in [0.1, 0.15) is 29.5 Å². The van der Waals surface area contributed by atoms with Gasteiger partial charge < -0.3 is 34.3 Å². The lowest BCUT2D eigenvalue weighted by atomic mass is 9.83. The van der Waals surface area contributed by atoms with Crippen LogP contribution in [0.5, 0.6) is 5.75 Å². The van der Waals surface area contributed by atoms with E-state index in [-0.39, 0.29) is 49.6 Å². The van der Waals surface area contributed by atoms with Crippen LogP contribution in [0.25, 0.3) is 33.3 Å². The van der Waals surface area contributed by atoms with Gasteiger partial charge in [-0.3, -0.25) is 29.2 Å². The number of hydrogen-bond donors (Lipinski definition) is 3. The summed E-state index contributed by atoms with van der Waals surface area (Å²) in [6, 6.07) is 12.8. The van der Waals surface area contributed by atoms with Crippen LogP contribution in [-0.2, 0) is 48.0 Å². The molecule has 4 aliphatic rings. The highest BCUT2D eigenvalue weighted by Gasteiger charge is 2.55. The summed E-state index contributed by atoms with van der Waals surface area (Å²) in [5.74, 6) is -1.77. The van der Waals surface area contributed by atoms with Crippen molar-refractivity contribution in [2.45, 2.75) is 144 Å². The number of nitrogens with zero attached hydrogens (tertiary/aromatic N) is 5. The third kappa shape index (κ3) is 10.1. The number of phenols is 1. The first-order chi connectivity index (χ1) is 32.6. The Hall–Kier alpha value is -5.96. The van der Waals surface area contributed by atoms with Crippen LogP contribution in [0.1, 0.15) is 118 Å². The Kier molecular flexibility index (Phi) is 13.7. The van der Waals surface area contributed by atoms with E-state index in [0.717, 1.165) is 44.5 Å². The maximum atomic E-state index is 14.8. The molecular weight excluding hydrogens is 875 g/mol. The molecule has 6 heterocycles. The number of likely N-dealkylation sites (tertiary alicyclic amines) is 2. The van der Waals surface area contributed by atoms with Gasteiger partial charge in [-0.15, -0.1) is 0 Å². The van der Waals surface area contributed by atoms with Gasteiger partial charge in [0.2, 0.25) is 11.8 Å². The van der Waals surface area contributed by atoms with Gasteiger partial charge in [0, 0.05) is 67.2 Å². The van der Waals surface area contributed by atoms with Crippen molar-refractivity contribution < 1.29 is 38.6 Å². The predicted molar refractivity (Wildman–Crippen MR) is 264 cm³/mol. The fourth-order valence-electron chi connectivity index (χ4n) is 11.0. The van der Waals surface area contributed by atoms with E-state index in [4.69, 9.17) is 14.5 Å². The molecule has 0 unspecified atom stereocenters. The molecule has 15 heteroatoms. The minimum Gasteiger partial charge on any atom is -0.508 e. The van der Waals surface area contributed by atoms with Gasteiger partial charge in [0.25, 0.3) is 5.91 Å². The van der Waals surface area contributed by atoms with Gasteiger partial charge in [0.05, 0.1) is 23.4 Å². The van der Waals surface area contributed by atoms with Crippen molar-refractivity contribution in [1.82, 2.24) is 35.1 Å². The first-order valence-corrected chi connectivity index (χ1v) is 24.9. The lowest BCUT2D eigenvalue weighted by molar-refractivity contribution is -0.155. The van der Waals surface area contributed by atoms with E-state index in [0.29, 0.717) is 57.3 Å². The molecule has 0 radical (unpaired) electrons. The van der Waals surface area contributed by atoms with Crippen molar-refractivity contribution in [3.63, 3.8) is 0 Å². The number of esters is 1. The number of pyridine rings is 1. The topological polar surface area (TPSA) is 176 Å². The minimum atomic E-state index is -1.15. The highest BCUT2D eigenvalue weighted by atomic mass is 16.6. The Bertz CT molecular complexity index is 2650. The summed E-state index contributed by atoms with van der Waals surface area (Å²) in [7, 11) is 0. The van der Waals surface area contributed by atoms with E-state index in [1.54, 1.807) is 42.7 Å². The van der Waals surface area contributed by atoms with Crippen LogP contribution < -0.4 is 10.7 Å². The molecule has 15 nitrogen and oxygen atoms in total. The van der Waals surface area contributed by atoms with Crippen molar-refractivity contribution in [2.24, 2.45) is 16.7 Å². The number of cyclic esters (lactones) is 1. The minimum absolute atomic E-state index is 0.00329. The number of aromatic nitrogens is 2. The molecule has 2 aromatic heterocycles. The quantitative estimate of drug-likeness (QED) is 0.155. The second kappa shape index (κ2) is 19.1. The Balaban J connectivity index is 1.17. The van der Waals surface area contributed by atoms with Crippen molar-refractivity contribution in [3.8, 4) is 28.1 Å². The van der Waals surface area contributed by atoms with Gasteiger partial charge in [-0.1, -0.05) is 53.7 Å². The first kappa shape index (κ1) is 49.5. The molecular formula is C54H71N7O8. The lowest BCUT2D eigenvalue weighted by Gasteiger charge is -2.37. The van der Waals surface area contributed by atoms with Crippen LogP contribution in [0.3, 0.4) is 0 Å². The van der Waals surface area contributed by atoms with E-state index in [1.165, 1.54) is 5.01 Å². The Morgan fingerprint density at radius 1 is 1.00 bits per heavy atom. The summed E-state index contributed by atoms with van der Waals surface area (Å²) >= 11 is 0. The van der Waals surface area contributed by atoms with E-state index >= 15 is 0 Å². The number of hydrazine groups is 1. The fraction of sp³-hybridized carbons (Fsp3) is 0.556. The fourth-order valence-corrected chi connectivity index (χ4v) is 11.0. The number of aromatic hydroxyl groups is 1. The second-order valence-electron chi connectivity index (χ2n) is 22.2. The largest absolute Gasteiger partial charge is 0.508 e. The highest BCUT2D eigenvalue weighted by molar-refractivity contribution is 5.97. The number of nitrogens with one attached hydrogen (secondary N) is 2. The average Bonchev–Trinajstić information content (AvgIpc) is 3.96. The monoisotopic (exact) mass is 946 g/mol. The van der Waals surface area contributed by atoms with Crippen molar-refractivity contribution in [1.29, 1.82) is 0 Å². The number of phenolic OH excluding ortho intramolecular Hbond substituents is 1. The summed E-state index contributed by atoms with van der Waals surface area (Å²) in [5.41, 5.74) is 8.58. The third-order valence-electron chi connectivity index (χ3n) is 14.3. The Morgan fingerprint density at radius 3 is 2.46 bits per heavy atom. The van der Waals surface area contributed by atoms with Crippen molar-refractivity contribution >= 4 is 40.7 Å². The Morgan fingerprint density at radius 2 is 1.75 bits per heavy atom. The zero-order valence-electron chi connectivity index (χ0n) is 42.1. The molecule has 2 aromatic carbocycles. The van der Waals surface area contributed by atoms with Gasteiger partial charge >= 0.3 is 12.1 Å². The molecule has 4 atom stereocenters. The summed E-state index contributed by atoms with van der Waals surface area (Å²) in [6.07, 6.45) is 3.85. The average molecular weight is 946 g/mol. The zero-order valence-corrected chi connectivity index (χ0v) is 42.1. The third-order valence-corrected chi connectivity index (χ3v) is 14.3. The van der Waals surface area contributed by atoms with Crippen molar-refractivity contribution in [2.75, 3.05) is 32.8 Å². The number of rotatable bonds is 7. The molecule has 0 aliphatic carbocycles. The molecule has 3 fully saturated rings. The summed E-state index contributed by atoms with van der Waals surface area (Å²) in [6.45, 7) is 21.8. The molecule has 370 valence electrons. The smallest absolute Gasteiger partial charge is 0.410 e. The van der Waals surface area contributed by atoms with Crippen molar-refractivity contribution in [3.05, 3.63) is 71.5 Å². The molecule has 3 N–H and O–H groups in total. The predicted octanol–water partition coefficient (Wildman–Crippen LogP) is 7.75. The lowest BCUT2D eigenvalue weighted by Crippen LogP contribution is -2.62. The first-order valence-electron chi connectivity index (χ1n) is 24.9. The highest BCUT2D eigenvalue weighted by Crippen LogP contribution is 2.44. The normalized spacial score (nSPS) is 22.7. The van der Waals surface area contributed by atoms with E-state index in [9.17, 15) is 29.1 Å². The molecule has 6 bridgehead atoms. The van der Waals surface area contributed by atoms with Crippen LogP contribution in [-0.4, -0.2) is 116 Å². The van der Waals surface area contributed by atoms with Crippen LogP contribution in [0.15, 0.2) is 54.7 Å². The Labute approximate surface area is 406 Å². The maximum absolute atomic E-state index is 14.8.